The van der Waals surface area contributed by atoms with E-state index in [1.54, 1.807) is 32.0 Å². The van der Waals surface area contributed by atoms with Gasteiger partial charge >= 0.3 is 15.6 Å². The maximum atomic E-state index is 13.3. The minimum absolute atomic E-state index is 0.113. The average Bonchev–Trinajstić information content (AvgIpc) is 3.06. The van der Waals surface area contributed by atoms with E-state index in [-0.39, 0.29) is 15.8 Å². The highest BCUT2D eigenvalue weighted by Gasteiger charge is 2.49. The minimum Gasteiger partial charge on any atom is -0.375 e. The van der Waals surface area contributed by atoms with Gasteiger partial charge in [-0.15, -0.1) is 0 Å². The summed E-state index contributed by atoms with van der Waals surface area (Å²) in [5.74, 6) is -0.963. The summed E-state index contributed by atoms with van der Waals surface area (Å²) in [4.78, 5) is 16.4. The largest absolute Gasteiger partial charge is 0.534 e. The fourth-order valence-electron chi connectivity index (χ4n) is 3.73. The molecule has 0 saturated heterocycles. The SMILES string of the molecule is CC1(C)c2cc(OS(=O)(=O)C(F)(F)F)c(Br)cc2C(=O)c2c1[nH]c1cc(C#N)ccc21. The first-order valence-electron chi connectivity index (χ1n) is 8.73. The van der Waals surface area contributed by atoms with Crippen molar-refractivity contribution in [3.63, 3.8) is 0 Å². The molecule has 1 heterocycles. The van der Waals surface area contributed by atoms with Crippen LogP contribution in [0.3, 0.4) is 0 Å². The molecule has 31 heavy (non-hydrogen) atoms. The molecule has 1 aromatic heterocycles. The molecular weight excluding hydrogens is 501 g/mol. The van der Waals surface area contributed by atoms with Crippen molar-refractivity contribution in [1.82, 2.24) is 4.98 Å². The lowest BCUT2D eigenvalue weighted by molar-refractivity contribution is -0.0500. The fourth-order valence-corrected chi connectivity index (χ4v) is 4.73. The molecule has 1 aliphatic carbocycles. The van der Waals surface area contributed by atoms with Crippen LogP contribution in [-0.4, -0.2) is 24.7 Å². The molecule has 0 aliphatic heterocycles. The van der Waals surface area contributed by atoms with Crippen molar-refractivity contribution in [2.45, 2.75) is 24.8 Å². The number of hydrogen-bond acceptors (Lipinski definition) is 5. The van der Waals surface area contributed by atoms with Crippen LogP contribution in [0.1, 0.15) is 46.6 Å². The first kappa shape index (κ1) is 21.4. The lowest BCUT2D eigenvalue weighted by Gasteiger charge is -2.32. The third-order valence-electron chi connectivity index (χ3n) is 5.25. The second-order valence-electron chi connectivity index (χ2n) is 7.51. The summed E-state index contributed by atoms with van der Waals surface area (Å²) in [6, 6.07) is 9.24. The number of alkyl halides is 3. The summed E-state index contributed by atoms with van der Waals surface area (Å²) in [5, 5.41) is 9.73. The third kappa shape index (κ3) is 3.13. The van der Waals surface area contributed by atoms with Gasteiger partial charge in [0.2, 0.25) is 0 Å². The minimum atomic E-state index is -5.89. The molecule has 2 aromatic carbocycles. The van der Waals surface area contributed by atoms with E-state index in [0.717, 1.165) is 6.07 Å². The van der Waals surface area contributed by atoms with Crippen LogP contribution in [0, 0.1) is 11.3 Å². The van der Waals surface area contributed by atoms with Crippen molar-refractivity contribution in [2.75, 3.05) is 0 Å². The Morgan fingerprint density at radius 1 is 1.19 bits per heavy atom. The van der Waals surface area contributed by atoms with Crippen molar-refractivity contribution < 1.29 is 30.6 Å². The Labute approximate surface area is 182 Å². The lowest BCUT2D eigenvalue weighted by Crippen LogP contribution is -2.31. The molecule has 6 nitrogen and oxygen atoms in total. The van der Waals surface area contributed by atoms with Crippen LogP contribution < -0.4 is 4.18 Å². The van der Waals surface area contributed by atoms with E-state index in [1.807, 2.05) is 6.07 Å². The summed E-state index contributed by atoms with van der Waals surface area (Å²) in [5.41, 5.74) is -4.17. The number of rotatable bonds is 2. The predicted octanol–water partition coefficient (Wildman–Crippen LogP) is 4.90. The molecule has 4 rings (SSSR count). The number of nitriles is 1. The Morgan fingerprint density at radius 3 is 2.48 bits per heavy atom. The van der Waals surface area contributed by atoms with Crippen molar-refractivity contribution >= 4 is 42.7 Å². The second kappa shape index (κ2) is 6.58. The molecular formula is C20H12BrF3N2O4S. The molecule has 1 aliphatic rings. The van der Waals surface area contributed by atoms with Gasteiger partial charge in [-0.25, -0.2) is 0 Å². The van der Waals surface area contributed by atoms with Gasteiger partial charge in [-0.05, 0) is 45.8 Å². The van der Waals surface area contributed by atoms with E-state index < -0.39 is 26.8 Å². The number of carbonyl (C=O) groups excluding carboxylic acids is 1. The molecule has 0 spiro atoms. The van der Waals surface area contributed by atoms with Gasteiger partial charge in [0.25, 0.3) is 0 Å². The molecule has 0 fully saturated rings. The monoisotopic (exact) mass is 512 g/mol. The van der Waals surface area contributed by atoms with Gasteiger partial charge in [0.15, 0.2) is 11.5 Å². The Kier molecular flexibility index (Phi) is 4.54. The number of nitrogens with zero attached hydrogens (tertiary/aromatic N) is 1. The topological polar surface area (TPSA) is 100 Å². The number of nitrogens with one attached hydrogen (secondary N) is 1. The summed E-state index contributed by atoms with van der Waals surface area (Å²) in [6.45, 7) is 3.49. The van der Waals surface area contributed by atoms with Gasteiger partial charge in [-0.2, -0.15) is 26.9 Å². The number of aromatic nitrogens is 1. The number of benzene rings is 2. The average molecular weight is 513 g/mol. The molecule has 0 bridgehead atoms. The van der Waals surface area contributed by atoms with Crippen LogP contribution in [0.25, 0.3) is 10.9 Å². The highest BCUT2D eigenvalue weighted by atomic mass is 79.9. The van der Waals surface area contributed by atoms with Gasteiger partial charge < -0.3 is 9.17 Å². The molecule has 0 unspecified atom stereocenters. The van der Waals surface area contributed by atoms with E-state index in [4.69, 9.17) is 5.26 Å². The van der Waals surface area contributed by atoms with Gasteiger partial charge in [-0.3, -0.25) is 4.79 Å². The first-order valence-corrected chi connectivity index (χ1v) is 10.9. The van der Waals surface area contributed by atoms with Crippen LogP contribution in [0.4, 0.5) is 13.2 Å². The van der Waals surface area contributed by atoms with Crippen LogP contribution in [-0.2, 0) is 15.5 Å². The maximum Gasteiger partial charge on any atom is 0.534 e. The summed E-state index contributed by atoms with van der Waals surface area (Å²) in [7, 11) is -5.89. The zero-order chi connectivity index (χ0) is 22.9. The Morgan fingerprint density at radius 2 is 1.87 bits per heavy atom. The Bertz CT molecular complexity index is 1430. The smallest absolute Gasteiger partial charge is 0.375 e. The molecule has 160 valence electrons. The quantitative estimate of drug-likeness (QED) is 0.388. The van der Waals surface area contributed by atoms with Gasteiger partial charge in [0.1, 0.15) is 0 Å². The highest BCUT2D eigenvalue weighted by molar-refractivity contribution is 9.10. The second-order valence-corrected chi connectivity index (χ2v) is 9.90. The van der Waals surface area contributed by atoms with E-state index in [2.05, 4.69) is 25.1 Å². The maximum absolute atomic E-state index is 13.3. The van der Waals surface area contributed by atoms with Gasteiger partial charge in [0, 0.05) is 27.6 Å². The van der Waals surface area contributed by atoms with Crippen molar-refractivity contribution in [2.24, 2.45) is 0 Å². The Hall–Kier alpha value is -2.84. The molecule has 0 atom stereocenters. The van der Waals surface area contributed by atoms with Crippen molar-refractivity contribution in [1.29, 1.82) is 5.26 Å². The van der Waals surface area contributed by atoms with Crippen LogP contribution in [0.2, 0.25) is 0 Å². The number of carbonyl (C=O) groups is 1. The van der Waals surface area contributed by atoms with E-state index in [1.165, 1.54) is 6.07 Å². The summed E-state index contributed by atoms with van der Waals surface area (Å²) >= 11 is 3.01. The summed E-state index contributed by atoms with van der Waals surface area (Å²) in [6.07, 6.45) is 0. The number of aromatic amines is 1. The molecule has 0 radical (unpaired) electrons. The highest BCUT2D eigenvalue weighted by Crippen LogP contribution is 2.46. The van der Waals surface area contributed by atoms with Crippen molar-refractivity contribution in [3.05, 3.63) is 62.8 Å². The molecule has 3 aromatic rings. The van der Waals surface area contributed by atoms with Gasteiger partial charge in [0.05, 0.1) is 21.7 Å². The van der Waals surface area contributed by atoms with Gasteiger partial charge in [-0.1, -0.05) is 19.9 Å². The zero-order valence-corrected chi connectivity index (χ0v) is 18.3. The van der Waals surface area contributed by atoms with E-state index in [9.17, 15) is 26.4 Å². The number of fused-ring (bicyclic) bond motifs is 4. The molecule has 11 heteroatoms. The number of halogens is 4. The van der Waals surface area contributed by atoms with Crippen LogP contribution >= 0.6 is 15.9 Å². The first-order chi connectivity index (χ1) is 14.3. The standard InChI is InChI=1S/C20H12BrF3N2O4S/c1-19(2)12-7-15(30-31(28,29)20(22,23)24)13(21)6-11(12)17(27)16-10-4-3-9(8-25)5-14(10)26-18(16)19/h3-7,26H,1-2H3. The van der Waals surface area contributed by atoms with E-state index >= 15 is 0 Å². The number of H-pyrrole nitrogens is 1. The zero-order valence-electron chi connectivity index (χ0n) is 15.9. The third-order valence-corrected chi connectivity index (χ3v) is 6.84. The van der Waals surface area contributed by atoms with Crippen LogP contribution in [0.5, 0.6) is 5.75 Å². The molecule has 0 amide bonds. The number of ketones is 1. The molecule has 1 N–H and O–H groups in total. The normalized spacial score (nSPS) is 15.3. The fraction of sp³-hybridized carbons (Fsp3) is 0.200. The van der Waals surface area contributed by atoms with Crippen LogP contribution in [0.15, 0.2) is 34.8 Å². The van der Waals surface area contributed by atoms with E-state index in [0.29, 0.717) is 33.3 Å². The molecule has 0 saturated carbocycles. The Balaban J connectivity index is 1.93. The lowest BCUT2D eigenvalue weighted by atomic mass is 9.71. The number of hydrogen-bond donors (Lipinski definition) is 1. The summed E-state index contributed by atoms with van der Waals surface area (Å²) < 4.78 is 65.5. The predicted molar refractivity (Wildman–Crippen MR) is 108 cm³/mol. The van der Waals surface area contributed by atoms with Crippen molar-refractivity contribution in [3.8, 4) is 11.8 Å².